The lowest BCUT2D eigenvalue weighted by molar-refractivity contribution is -0.128. The first-order valence-corrected chi connectivity index (χ1v) is 6.68. The van der Waals surface area contributed by atoms with E-state index in [0.29, 0.717) is 12.5 Å². The summed E-state index contributed by atoms with van der Waals surface area (Å²) in [4.78, 5) is 12.1. The number of aliphatic hydroxyl groups excluding tert-OH is 1. The first kappa shape index (κ1) is 12.8. The van der Waals surface area contributed by atoms with E-state index >= 15 is 0 Å². The van der Waals surface area contributed by atoms with Gasteiger partial charge in [-0.15, -0.1) is 0 Å². The molecule has 2 saturated carbocycles. The Morgan fingerprint density at radius 2 is 2.18 bits per heavy atom. The topological polar surface area (TPSA) is 75.4 Å². The van der Waals surface area contributed by atoms with Crippen LogP contribution in [0.25, 0.3) is 0 Å². The molecule has 4 heteroatoms. The van der Waals surface area contributed by atoms with E-state index in [9.17, 15) is 9.90 Å². The Morgan fingerprint density at radius 1 is 1.47 bits per heavy atom. The summed E-state index contributed by atoms with van der Waals surface area (Å²) in [5, 5.41) is 12.1. The zero-order chi connectivity index (χ0) is 12.5. The summed E-state index contributed by atoms with van der Waals surface area (Å²) < 4.78 is 0. The van der Waals surface area contributed by atoms with Crippen molar-refractivity contribution in [2.45, 2.75) is 51.0 Å². The summed E-state index contributed by atoms with van der Waals surface area (Å²) in [5.74, 6) is 0.510. The molecule has 2 aliphatic carbocycles. The van der Waals surface area contributed by atoms with Crippen molar-refractivity contribution in [3.63, 3.8) is 0 Å². The minimum atomic E-state index is -0.677. The van der Waals surface area contributed by atoms with Gasteiger partial charge in [0.25, 0.3) is 0 Å². The van der Waals surface area contributed by atoms with Gasteiger partial charge in [-0.25, -0.2) is 0 Å². The summed E-state index contributed by atoms with van der Waals surface area (Å²) in [7, 11) is 0. The summed E-state index contributed by atoms with van der Waals surface area (Å²) in [6, 6.07) is 0. The lowest BCUT2D eigenvalue weighted by atomic mass is 9.76. The van der Waals surface area contributed by atoms with Crippen LogP contribution in [0.15, 0.2) is 0 Å². The van der Waals surface area contributed by atoms with Crippen LogP contribution in [0.1, 0.15) is 45.4 Å². The number of hydrogen-bond donors (Lipinski definition) is 3. The second-order valence-electron chi connectivity index (χ2n) is 6.20. The van der Waals surface area contributed by atoms with E-state index in [1.54, 1.807) is 0 Å². The molecule has 2 unspecified atom stereocenters. The molecule has 4 nitrogen and oxygen atoms in total. The smallest absolute Gasteiger partial charge is 0.240 e. The van der Waals surface area contributed by atoms with Crippen LogP contribution in [0, 0.1) is 11.3 Å². The number of nitrogens with two attached hydrogens (primary N) is 1. The first-order chi connectivity index (χ1) is 8.00. The quantitative estimate of drug-likeness (QED) is 0.680. The van der Waals surface area contributed by atoms with Gasteiger partial charge in [0, 0.05) is 12.0 Å². The van der Waals surface area contributed by atoms with Gasteiger partial charge < -0.3 is 16.2 Å². The molecular weight excluding hydrogens is 216 g/mol. The highest BCUT2D eigenvalue weighted by molar-refractivity contribution is 5.86. The molecule has 0 aromatic heterocycles. The van der Waals surface area contributed by atoms with Gasteiger partial charge >= 0.3 is 0 Å². The molecule has 0 aromatic rings. The fraction of sp³-hybridized carbons (Fsp3) is 0.923. The Labute approximate surface area is 103 Å². The van der Waals surface area contributed by atoms with Crippen molar-refractivity contribution >= 4 is 5.91 Å². The molecule has 0 radical (unpaired) electrons. The minimum absolute atomic E-state index is 0.0243. The van der Waals surface area contributed by atoms with E-state index in [0.717, 1.165) is 32.1 Å². The van der Waals surface area contributed by atoms with Crippen molar-refractivity contribution in [3.05, 3.63) is 0 Å². The van der Waals surface area contributed by atoms with E-state index in [-0.39, 0.29) is 17.9 Å². The number of hydrogen-bond acceptors (Lipinski definition) is 3. The van der Waals surface area contributed by atoms with Gasteiger partial charge in [0.15, 0.2) is 0 Å². The molecule has 4 N–H and O–H groups in total. The van der Waals surface area contributed by atoms with Crippen LogP contribution in [0.2, 0.25) is 0 Å². The number of carbonyl (C=O) groups excluding carboxylic acids is 1. The molecule has 1 amide bonds. The van der Waals surface area contributed by atoms with Crippen LogP contribution < -0.4 is 11.1 Å². The molecule has 0 aromatic carbocycles. The average Bonchev–Trinajstić information content (AvgIpc) is 3.06. The lowest BCUT2D eigenvalue weighted by Crippen LogP contribution is -2.57. The van der Waals surface area contributed by atoms with Crippen molar-refractivity contribution in [3.8, 4) is 0 Å². The van der Waals surface area contributed by atoms with Crippen molar-refractivity contribution in [1.29, 1.82) is 0 Å². The highest BCUT2D eigenvalue weighted by atomic mass is 16.3. The molecule has 2 aliphatic rings. The number of rotatable bonds is 4. The molecule has 17 heavy (non-hydrogen) atoms. The Bertz CT molecular complexity index is 302. The van der Waals surface area contributed by atoms with Gasteiger partial charge in [0.1, 0.15) is 0 Å². The summed E-state index contributed by atoms with van der Waals surface area (Å²) in [6.45, 7) is 2.90. The van der Waals surface area contributed by atoms with Gasteiger partial charge in [0.2, 0.25) is 5.91 Å². The number of aliphatic hydroxyl groups is 1. The molecule has 98 valence electrons. The van der Waals surface area contributed by atoms with E-state index in [2.05, 4.69) is 12.2 Å². The third-order valence-corrected chi connectivity index (χ3v) is 4.40. The van der Waals surface area contributed by atoms with Crippen LogP contribution in [-0.2, 0) is 4.79 Å². The molecule has 0 spiro atoms. The minimum Gasteiger partial charge on any atom is -0.396 e. The van der Waals surface area contributed by atoms with Crippen molar-refractivity contribution in [2.24, 2.45) is 17.1 Å². The molecule has 2 fully saturated rings. The number of amides is 1. The Hall–Kier alpha value is -0.610. The van der Waals surface area contributed by atoms with Gasteiger partial charge in [0.05, 0.1) is 12.1 Å². The van der Waals surface area contributed by atoms with Crippen LogP contribution in [0.3, 0.4) is 0 Å². The van der Waals surface area contributed by atoms with Crippen LogP contribution in [0.4, 0.5) is 0 Å². The van der Waals surface area contributed by atoms with Gasteiger partial charge in [-0.05, 0) is 31.6 Å². The number of nitrogens with one attached hydrogen (secondary N) is 1. The highest BCUT2D eigenvalue weighted by Crippen LogP contribution is 2.44. The van der Waals surface area contributed by atoms with Gasteiger partial charge in [-0.3, -0.25) is 4.79 Å². The van der Waals surface area contributed by atoms with Crippen molar-refractivity contribution in [1.82, 2.24) is 5.32 Å². The fourth-order valence-corrected chi connectivity index (χ4v) is 2.81. The standard InChI is InChI=1S/C13H24N2O2/c1-10-3-2-4-13(14,7-10)11(17)15-8-12(9-16)5-6-12/h10,16H,2-9,14H2,1H3,(H,15,17). The van der Waals surface area contributed by atoms with E-state index in [1.807, 2.05) is 0 Å². The zero-order valence-corrected chi connectivity index (χ0v) is 10.7. The molecule has 2 atom stereocenters. The predicted molar refractivity (Wildman–Crippen MR) is 66.3 cm³/mol. The summed E-state index contributed by atoms with van der Waals surface area (Å²) in [6.07, 6.45) is 5.80. The maximum atomic E-state index is 12.1. The average molecular weight is 240 g/mol. The largest absolute Gasteiger partial charge is 0.396 e. The molecule has 2 rings (SSSR count). The van der Waals surface area contributed by atoms with Crippen molar-refractivity contribution < 1.29 is 9.90 Å². The molecule has 0 heterocycles. The van der Waals surface area contributed by atoms with Crippen molar-refractivity contribution in [2.75, 3.05) is 13.2 Å². The van der Waals surface area contributed by atoms with Crippen LogP contribution >= 0.6 is 0 Å². The second-order valence-corrected chi connectivity index (χ2v) is 6.20. The maximum Gasteiger partial charge on any atom is 0.240 e. The second kappa shape index (κ2) is 4.58. The van der Waals surface area contributed by atoms with E-state index in [1.165, 1.54) is 6.42 Å². The van der Waals surface area contributed by atoms with Crippen LogP contribution in [-0.4, -0.2) is 29.7 Å². The third-order valence-electron chi connectivity index (χ3n) is 4.40. The molecule has 0 saturated heterocycles. The number of carbonyl (C=O) groups is 1. The van der Waals surface area contributed by atoms with Gasteiger partial charge in [-0.1, -0.05) is 19.8 Å². The SMILES string of the molecule is CC1CCCC(N)(C(=O)NCC2(CO)CC2)C1. The predicted octanol–water partition coefficient (Wildman–Crippen LogP) is 0.783. The lowest BCUT2D eigenvalue weighted by Gasteiger charge is -2.35. The first-order valence-electron chi connectivity index (χ1n) is 6.68. The molecule has 0 bridgehead atoms. The Kier molecular flexibility index (Phi) is 3.46. The molecule has 0 aliphatic heterocycles. The third kappa shape index (κ3) is 2.80. The fourth-order valence-electron chi connectivity index (χ4n) is 2.81. The Balaban J connectivity index is 1.86. The Morgan fingerprint density at radius 3 is 2.71 bits per heavy atom. The zero-order valence-electron chi connectivity index (χ0n) is 10.7. The normalized spacial score (nSPS) is 35.4. The summed E-state index contributed by atoms with van der Waals surface area (Å²) >= 11 is 0. The van der Waals surface area contributed by atoms with E-state index in [4.69, 9.17) is 5.73 Å². The monoisotopic (exact) mass is 240 g/mol. The summed E-state index contributed by atoms with van der Waals surface area (Å²) in [5.41, 5.74) is 5.50. The van der Waals surface area contributed by atoms with Gasteiger partial charge in [-0.2, -0.15) is 0 Å². The van der Waals surface area contributed by atoms with E-state index < -0.39 is 5.54 Å². The maximum absolute atomic E-state index is 12.1. The van der Waals surface area contributed by atoms with Crippen LogP contribution in [0.5, 0.6) is 0 Å². The molecular formula is C13H24N2O2. The highest BCUT2D eigenvalue weighted by Gasteiger charge is 2.44.